The second kappa shape index (κ2) is 9.11. The Morgan fingerprint density at radius 2 is 1.77 bits per heavy atom. The number of rotatable bonds is 6. The van der Waals surface area contributed by atoms with Crippen LogP contribution in [0.25, 0.3) is 0 Å². The van der Waals surface area contributed by atoms with Gasteiger partial charge in [-0.05, 0) is 31.0 Å². The highest BCUT2D eigenvalue weighted by Crippen LogP contribution is 2.17. The number of amides is 2. The van der Waals surface area contributed by atoms with Gasteiger partial charge >= 0.3 is 11.8 Å². The van der Waals surface area contributed by atoms with Crippen molar-refractivity contribution in [2.24, 2.45) is 0 Å². The van der Waals surface area contributed by atoms with E-state index in [0.29, 0.717) is 31.9 Å². The maximum absolute atomic E-state index is 12.5. The number of hydrogen-bond donors (Lipinski definition) is 2. The monoisotopic (exact) mass is 383 g/mol. The minimum atomic E-state index is -3.54. The number of carbonyl (C=O) groups is 2. The van der Waals surface area contributed by atoms with Gasteiger partial charge in [-0.25, -0.2) is 8.42 Å². The smallest absolute Gasteiger partial charge is 0.309 e. The van der Waals surface area contributed by atoms with E-state index in [1.807, 2.05) is 13.8 Å². The Kier molecular flexibility index (Phi) is 7.13. The van der Waals surface area contributed by atoms with Gasteiger partial charge in [0.2, 0.25) is 10.0 Å². The Hall–Kier alpha value is -1.97. The van der Waals surface area contributed by atoms with Crippen LogP contribution in [0.2, 0.25) is 0 Å². The Balaban J connectivity index is 1.93. The van der Waals surface area contributed by atoms with E-state index in [-0.39, 0.29) is 17.5 Å². The van der Waals surface area contributed by atoms with Crippen LogP contribution in [0.1, 0.15) is 25.8 Å². The average Bonchev–Trinajstić information content (AvgIpc) is 2.66. The molecule has 0 bridgehead atoms. The molecule has 0 spiro atoms. The first-order chi connectivity index (χ1) is 12.3. The lowest BCUT2D eigenvalue weighted by Gasteiger charge is -2.26. The molecular weight excluding hydrogens is 358 g/mol. The highest BCUT2D eigenvalue weighted by atomic mass is 32.2. The summed E-state index contributed by atoms with van der Waals surface area (Å²) in [5.41, 5.74) is 0.704. The third-order valence-corrected chi connectivity index (χ3v) is 6.09. The molecule has 9 heteroatoms. The van der Waals surface area contributed by atoms with E-state index in [0.717, 1.165) is 6.42 Å². The zero-order chi connectivity index (χ0) is 19.2. The molecule has 8 nitrogen and oxygen atoms in total. The Labute approximate surface area is 153 Å². The predicted octanol–water partition coefficient (Wildman–Crippen LogP) is 0.238. The van der Waals surface area contributed by atoms with Gasteiger partial charge in [0.25, 0.3) is 0 Å². The summed E-state index contributed by atoms with van der Waals surface area (Å²) in [6.07, 6.45) is 0.734. The number of hydrogen-bond acceptors (Lipinski definition) is 5. The number of carbonyl (C=O) groups excluding carboxylic acids is 2. The van der Waals surface area contributed by atoms with E-state index in [2.05, 4.69) is 10.6 Å². The van der Waals surface area contributed by atoms with Gasteiger partial charge < -0.3 is 15.4 Å². The van der Waals surface area contributed by atoms with Gasteiger partial charge in [-0.3, -0.25) is 9.59 Å². The molecule has 0 radical (unpaired) electrons. The molecule has 1 aliphatic rings. The number of morpholine rings is 1. The van der Waals surface area contributed by atoms with Crippen molar-refractivity contribution in [3.63, 3.8) is 0 Å². The van der Waals surface area contributed by atoms with Crippen LogP contribution in [-0.4, -0.2) is 56.9 Å². The quantitative estimate of drug-likeness (QED) is 0.685. The van der Waals surface area contributed by atoms with Gasteiger partial charge in [0.1, 0.15) is 0 Å². The second-order valence-corrected chi connectivity index (χ2v) is 8.06. The normalized spacial score (nSPS) is 16.7. The number of nitrogens with one attached hydrogen (secondary N) is 2. The first-order valence-electron chi connectivity index (χ1n) is 8.60. The van der Waals surface area contributed by atoms with Crippen molar-refractivity contribution in [2.75, 3.05) is 26.3 Å². The lowest BCUT2D eigenvalue weighted by molar-refractivity contribution is -0.139. The molecule has 2 rings (SSSR count). The Bertz CT molecular complexity index is 727. The molecule has 1 aliphatic heterocycles. The minimum absolute atomic E-state index is 0.0714. The van der Waals surface area contributed by atoms with Crippen molar-refractivity contribution >= 4 is 21.8 Å². The van der Waals surface area contributed by atoms with Gasteiger partial charge in [0.15, 0.2) is 0 Å². The van der Waals surface area contributed by atoms with Crippen LogP contribution in [0.15, 0.2) is 29.2 Å². The summed E-state index contributed by atoms with van der Waals surface area (Å²) in [6.45, 7) is 5.33. The van der Waals surface area contributed by atoms with Crippen LogP contribution in [-0.2, 0) is 30.9 Å². The molecule has 1 aromatic carbocycles. The van der Waals surface area contributed by atoms with Crippen molar-refractivity contribution in [2.45, 2.75) is 37.8 Å². The molecule has 0 unspecified atom stereocenters. The average molecular weight is 383 g/mol. The predicted molar refractivity (Wildman–Crippen MR) is 95.8 cm³/mol. The number of nitrogens with zero attached hydrogens (tertiary/aromatic N) is 1. The topological polar surface area (TPSA) is 105 Å². The van der Waals surface area contributed by atoms with Crippen LogP contribution in [0, 0.1) is 0 Å². The summed E-state index contributed by atoms with van der Waals surface area (Å²) in [7, 11) is -3.54. The summed E-state index contributed by atoms with van der Waals surface area (Å²) >= 11 is 0. The van der Waals surface area contributed by atoms with Crippen molar-refractivity contribution in [3.8, 4) is 0 Å². The first-order valence-corrected chi connectivity index (χ1v) is 10.0. The first kappa shape index (κ1) is 20.3. The zero-order valence-electron chi connectivity index (χ0n) is 15.0. The van der Waals surface area contributed by atoms with Crippen molar-refractivity contribution in [3.05, 3.63) is 29.8 Å². The highest BCUT2D eigenvalue weighted by molar-refractivity contribution is 7.89. The van der Waals surface area contributed by atoms with Gasteiger partial charge in [0.05, 0.1) is 18.1 Å². The molecule has 1 fully saturated rings. The second-order valence-electron chi connectivity index (χ2n) is 6.13. The molecule has 0 aliphatic carbocycles. The maximum atomic E-state index is 12.5. The molecule has 1 atom stereocenters. The van der Waals surface area contributed by atoms with Gasteiger partial charge in [0, 0.05) is 25.7 Å². The third-order valence-electron chi connectivity index (χ3n) is 4.18. The molecule has 1 heterocycles. The van der Waals surface area contributed by atoms with Crippen LogP contribution >= 0.6 is 0 Å². The number of ether oxygens (including phenoxy) is 1. The molecule has 1 saturated heterocycles. The number of sulfonamides is 1. The fourth-order valence-electron chi connectivity index (χ4n) is 2.37. The summed E-state index contributed by atoms with van der Waals surface area (Å²) in [6, 6.07) is 6.19. The molecular formula is C17H25N3O5S. The van der Waals surface area contributed by atoms with E-state index in [4.69, 9.17) is 4.74 Å². The molecule has 1 aromatic rings. The minimum Gasteiger partial charge on any atom is -0.379 e. The van der Waals surface area contributed by atoms with Gasteiger partial charge in [-0.1, -0.05) is 19.1 Å². The zero-order valence-corrected chi connectivity index (χ0v) is 15.8. The Morgan fingerprint density at radius 3 is 2.35 bits per heavy atom. The van der Waals surface area contributed by atoms with Crippen molar-refractivity contribution < 1.29 is 22.7 Å². The van der Waals surface area contributed by atoms with E-state index in [1.165, 1.54) is 16.4 Å². The van der Waals surface area contributed by atoms with E-state index in [1.54, 1.807) is 12.1 Å². The molecule has 2 N–H and O–H groups in total. The largest absolute Gasteiger partial charge is 0.379 e. The lowest BCUT2D eigenvalue weighted by Crippen LogP contribution is -2.43. The molecule has 144 valence electrons. The summed E-state index contributed by atoms with van der Waals surface area (Å²) < 4.78 is 31.6. The highest BCUT2D eigenvalue weighted by Gasteiger charge is 2.26. The van der Waals surface area contributed by atoms with Gasteiger partial charge in [-0.15, -0.1) is 0 Å². The molecule has 0 saturated carbocycles. The summed E-state index contributed by atoms with van der Waals surface area (Å²) in [5.74, 6) is -1.39. The standard InChI is InChI=1S/C17H25N3O5S/c1-3-13(2)19-17(22)16(21)18-12-14-4-6-15(7-5-14)26(23,24)20-8-10-25-11-9-20/h4-7,13H,3,8-12H2,1-2H3,(H,18,21)(H,19,22)/t13-/m1/s1. The number of benzene rings is 1. The Morgan fingerprint density at radius 1 is 1.15 bits per heavy atom. The fraction of sp³-hybridized carbons (Fsp3) is 0.529. The summed E-state index contributed by atoms with van der Waals surface area (Å²) in [5, 5.41) is 5.11. The SMILES string of the molecule is CC[C@@H](C)NC(=O)C(=O)NCc1ccc(S(=O)(=O)N2CCOCC2)cc1. The van der Waals surface area contributed by atoms with Crippen LogP contribution in [0.5, 0.6) is 0 Å². The van der Waals surface area contributed by atoms with Crippen LogP contribution in [0.3, 0.4) is 0 Å². The fourth-order valence-corrected chi connectivity index (χ4v) is 3.78. The van der Waals surface area contributed by atoms with Crippen LogP contribution < -0.4 is 10.6 Å². The molecule has 2 amide bonds. The molecule has 0 aromatic heterocycles. The molecule has 26 heavy (non-hydrogen) atoms. The van der Waals surface area contributed by atoms with Gasteiger partial charge in [-0.2, -0.15) is 4.31 Å². The van der Waals surface area contributed by atoms with Crippen LogP contribution in [0.4, 0.5) is 0 Å². The van der Waals surface area contributed by atoms with E-state index >= 15 is 0 Å². The van der Waals surface area contributed by atoms with E-state index in [9.17, 15) is 18.0 Å². The summed E-state index contributed by atoms with van der Waals surface area (Å²) in [4.78, 5) is 23.6. The maximum Gasteiger partial charge on any atom is 0.309 e. The van der Waals surface area contributed by atoms with E-state index < -0.39 is 21.8 Å². The third kappa shape index (κ3) is 5.26. The van der Waals surface area contributed by atoms with Crippen molar-refractivity contribution in [1.82, 2.24) is 14.9 Å². The lowest BCUT2D eigenvalue weighted by atomic mass is 10.2. The van der Waals surface area contributed by atoms with Crippen molar-refractivity contribution in [1.29, 1.82) is 0 Å².